The van der Waals surface area contributed by atoms with Crippen LogP contribution in [0.15, 0.2) is 50.6 Å². The molecular formula is C16H32HfO4. The van der Waals surface area contributed by atoms with Crippen molar-refractivity contribution in [2.24, 2.45) is 0 Å². The van der Waals surface area contributed by atoms with Gasteiger partial charge in [0.1, 0.15) is 0 Å². The van der Waals surface area contributed by atoms with Crippen molar-refractivity contribution in [1.29, 1.82) is 0 Å². The average Bonchev–Trinajstić information content (AvgIpc) is 2.38. The zero-order chi connectivity index (χ0) is 17.2. The van der Waals surface area contributed by atoms with Gasteiger partial charge >= 0.3 is 0 Å². The maximum absolute atomic E-state index is 8.71. The van der Waals surface area contributed by atoms with Gasteiger partial charge in [-0.25, -0.2) is 0 Å². The van der Waals surface area contributed by atoms with E-state index < -0.39 is 11.2 Å². The second kappa shape index (κ2) is 22.0. The third-order valence-electron chi connectivity index (χ3n) is 1.26. The molecule has 0 aromatic rings. The van der Waals surface area contributed by atoms with Crippen LogP contribution in [-0.2, 0) is 25.8 Å². The second-order valence-corrected chi connectivity index (χ2v) is 4.66. The summed E-state index contributed by atoms with van der Waals surface area (Å²) in [6.45, 7) is 20.1. The minimum atomic E-state index is -0.694. The van der Waals surface area contributed by atoms with Gasteiger partial charge in [0.25, 0.3) is 0 Å². The Morgan fingerprint density at radius 1 is 0.714 bits per heavy atom. The molecule has 5 heteroatoms. The summed E-state index contributed by atoms with van der Waals surface area (Å²) in [4.78, 5) is 0. The third kappa shape index (κ3) is 104. The van der Waals surface area contributed by atoms with Crippen LogP contribution in [0.1, 0.15) is 27.7 Å². The number of aliphatic hydroxyl groups is 4. The van der Waals surface area contributed by atoms with Gasteiger partial charge in [0, 0.05) is 25.8 Å². The molecule has 0 bridgehead atoms. The Kier molecular flexibility index (Phi) is 34.1. The fraction of sp³-hybridized carbons (Fsp3) is 0.500. The van der Waals surface area contributed by atoms with E-state index >= 15 is 0 Å². The van der Waals surface area contributed by atoms with Crippen molar-refractivity contribution in [2.45, 2.75) is 38.9 Å². The molecular weight excluding hydrogens is 435 g/mol. The monoisotopic (exact) mass is 468 g/mol. The molecule has 124 valence electrons. The summed E-state index contributed by atoms with van der Waals surface area (Å²) in [5.74, 6) is 0. The first-order valence-corrected chi connectivity index (χ1v) is 6.11. The Bertz CT molecular complexity index is 212. The van der Waals surface area contributed by atoms with Crippen LogP contribution in [0.2, 0.25) is 0 Å². The molecule has 4 nitrogen and oxygen atoms in total. The van der Waals surface area contributed by atoms with E-state index in [0.29, 0.717) is 0 Å². The van der Waals surface area contributed by atoms with Gasteiger partial charge in [-0.3, -0.25) is 0 Å². The second-order valence-electron chi connectivity index (χ2n) is 4.66. The van der Waals surface area contributed by atoms with Crippen molar-refractivity contribution in [3.8, 4) is 0 Å². The third-order valence-corrected chi connectivity index (χ3v) is 1.26. The zero-order valence-electron chi connectivity index (χ0n) is 13.8. The summed E-state index contributed by atoms with van der Waals surface area (Å²) in [5, 5.41) is 32.9. The van der Waals surface area contributed by atoms with E-state index in [2.05, 4.69) is 26.3 Å². The Balaban J connectivity index is -0.0000000544. The molecule has 0 unspecified atom stereocenters. The van der Waals surface area contributed by atoms with Crippen LogP contribution in [0.4, 0.5) is 0 Å². The summed E-state index contributed by atoms with van der Waals surface area (Å²) in [7, 11) is 0. The van der Waals surface area contributed by atoms with Gasteiger partial charge in [-0.2, -0.15) is 0 Å². The summed E-state index contributed by atoms with van der Waals surface area (Å²) >= 11 is 0. The van der Waals surface area contributed by atoms with Crippen molar-refractivity contribution < 1.29 is 46.3 Å². The summed E-state index contributed by atoms with van der Waals surface area (Å²) in [6, 6.07) is 0. The normalized spacial score (nSPS) is 8.76. The van der Waals surface area contributed by atoms with Crippen LogP contribution in [0, 0.1) is 0 Å². The van der Waals surface area contributed by atoms with Crippen LogP contribution in [0.3, 0.4) is 0 Å². The molecule has 0 rings (SSSR count). The first kappa shape index (κ1) is 32.6. The standard InChI is InChI=1S/2C5H10O.2C3H6O.Hf/c2*1-4-5(2,3)6;2*1-2-3-4;/h2*4,6H,1H2,2-3H3;2*2,4H,1,3H2;. The molecule has 0 aromatic carbocycles. The van der Waals surface area contributed by atoms with Gasteiger partial charge in [-0.15, -0.1) is 26.3 Å². The summed E-state index contributed by atoms with van der Waals surface area (Å²) in [6.07, 6.45) is 5.85. The topological polar surface area (TPSA) is 80.9 Å². The maximum atomic E-state index is 8.71. The predicted octanol–water partition coefficient (Wildman–Crippen LogP) is 2.21. The molecule has 0 amide bonds. The Morgan fingerprint density at radius 2 is 0.810 bits per heavy atom. The van der Waals surface area contributed by atoms with E-state index in [1.165, 1.54) is 24.3 Å². The number of hydrogen-bond acceptors (Lipinski definition) is 4. The Morgan fingerprint density at radius 3 is 0.810 bits per heavy atom. The predicted molar refractivity (Wildman–Crippen MR) is 87.6 cm³/mol. The van der Waals surface area contributed by atoms with E-state index in [0.717, 1.165) is 0 Å². The zero-order valence-corrected chi connectivity index (χ0v) is 17.4. The molecule has 0 saturated carbocycles. The van der Waals surface area contributed by atoms with Crippen LogP contribution in [0.5, 0.6) is 0 Å². The van der Waals surface area contributed by atoms with Crippen molar-refractivity contribution in [2.75, 3.05) is 13.2 Å². The fourth-order valence-electron chi connectivity index (χ4n) is 0. The van der Waals surface area contributed by atoms with Crippen LogP contribution < -0.4 is 0 Å². The van der Waals surface area contributed by atoms with Crippen molar-refractivity contribution >= 4 is 0 Å². The van der Waals surface area contributed by atoms with Gasteiger partial charge in [-0.1, -0.05) is 24.3 Å². The maximum Gasteiger partial charge on any atom is 0.0769 e. The largest absolute Gasteiger partial charge is 0.392 e. The van der Waals surface area contributed by atoms with Gasteiger partial charge in [-0.05, 0) is 27.7 Å². The van der Waals surface area contributed by atoms with Gasteiger partial charge in [0.15, 0.2) is 0 Å². The van der Waals surface area contributed by atoms with E-state index in [4.69, 9.17) is 20.4 Å². The average molecular weight is 467 g/mol. The molecule has 0 aliphatic carbocycles. The van der Waals surface area contributed by atoms with Crippen LogP contribution in [0.25, 0.3) is 0 Å². The fourth-order valence-corrected chi connectivity index (χ4v) is 0. The van der Waals surface area contributed by atoms with Crippen molar-refractivity contribution in [1.82, 2.24) is 0 Å². The van der Waals surface area contributed by atoms with E-state index in [9.17, 15) is 0 Å². The number of hydrogen-bond donors (Lipinski definition) is 4. The summed E-state index contributed by atoms with van der Waals surface area (Å²) < 4.78 is 0. The SMILES string of the molecule is C=CC(C)(C)O.C=CC(C)(C)O.C=CCO.C=CCO.[Hf]. The Labute approximate surface area is 149 Å². The first-order valence-electron chi connectivity index (χ1n) is 6.11. The molecule has 0 aliphatic rings. The molecule has 21 heavy (non-hydrogen) atoms. The minimum absolute atomic E-state index is 0. The molecule has 0 heterocycles. The quantitative estimate of drug-likeness (QED) is 0.378. The molecule has 0 radical (unpaired) electrons. The van der Waals surface area contributed by atoms with Crippen molar-refractivity contribution in [3.63, 3.8) is 0 Å². The van der Waals surface area contributed by atoms with Crippen LogP contribution >= 0.6 is 0 Å². The molecule has 0 saturated heterocycles. The number of rotatable bonds is 4. The Hall–Kier alpha value is -0.330. The smallest absolute Gasteiger partial charge is 0.0769 e. The molecule has 0 fully saturated rings. The molecule has 0 aromatic heterocycles. The van der Waals surface area contributed by atoms with Gasteiger partial charge < -0.3 is 20.4 Å². The first-order chi connectivity index (χ1) is 8.95. The van der Waals surface area contributed by atoms with E-state index in [1.54, 1.807) is 27.7 Å². The summed E-state index contributed by atoms with van der Waals surface area (Å²) in [5.41, 5.74) is -1.39. The minimum Gasteiger partial charge on any atom is -0.392 e. The van der Waals surface area contributed by atoms with Crippen LogP contribution in [-0.4, -0.2) is 44.8 Å². The van der Waals surface area contributed by atoms with E-state index in [-0.39, 0.29) is 39.1 Å². The molecule has 0 spiro atoms. The van der Waals surface area contributed by atoms with E-state index in [1.807, 2.05) is 0 Å². The molecule has 4 N–H and O–H groups in total. The van der Waals surface area contributed by atoms with Gasteiger partial charge in [0.2, 0.25) is 0 Å². The van der Waals surface area contributed by atoms with Gasteiger partial charge in [0.05, 0.1) is 24.4 Å². The molecule has 0 aliphatic heterocycles. The number of aliphatic hydroxyl groups excluding tert-OH is 2. The van der Waals surface area contributed by atoms with Crippen molar-refractivity contribution in [3.05, 3.63) is 50.6 Å². The molecule has 0 atom stereocenters.